The van der Waals surface area contributed by atoms with Crippen molar-refractivity contribution in [1.29, 1.82) is 0 Å². The lowest BCUT2D eigenvalue weighted by atomic mass is 9.96. The van der Waals surface area contributed by atoms with E-state index in [1.807, 2.05) is 11.8 Å². The fourth-order valence-corrected chi connectivity index (χ4v) is 3.18. The fraction of sp³-hybridized carbons (Fsp3) is 1.00. The zero-order valence-electron chi connectivity index (χ0n) is 10.1. The van der Waals surface area contributed by atoms with E-state index in [-0.39, 0.29) is 5.54 Å². The third-order valence-electron chi connectivity index (χ3n) is 3.08. The Hall–Kier alpha value is 0.270. The second-order valence-electron chi connectivity index (χ2n) is 4.57. The minimum Gasteiger partial charge on any atom is -0.394 e. The highest BCUT2D eigenvalue weighted by molar-refractivity contribution is 7.99. The van der Waals surface area contributed by atoms with E-state index in [0.29, 0.717) is 6.61 Å². The lowest BCUT2D eigenvalue weighted by Gasteiger charge is -2.33. The number of nitrogens with one attached hydrogen (secondary N) is 1. The van der Waals surface area contributed by atoms with E-state index >= 15 is 0 Å². The molecule has 1 unspecified atom stereocenters. The molecule has 1 fully saturated rings. The predicted molar refractivity (Wildman–Crippen MR) is 68.5 cm³/mol. The number of aliphatic hydroxyl groups excluding tert-OH is 1. The lowest BCUT2D eigenvalue weighted by molar-refractivity contribution is 0.159. The highest BCUT2D eigenvalue weighted by Crippen LogP contribution is 2.41. The van der Waals surface area contributed by atoms with E-state index in [4.69, 9.17) is 0 Å². The molecule has 1 atom stereocenters. The zero-order valence-corrected chi connectivity index (χ0v) is 10.9. The van der Waals surface area contributed by atoms with Crippen LogP contribution in [0, 0.1) is 5.92 Å². The van der Waals surface area contributed by atoms with Gasteiger partial charge in [-0.05, 0) is 43.9 Å². The summed E-state index contributed by atoms with van der Waals surface area (Å²) in [5, 5.41) is 13.2. The zero-order chi connectivity index (χ0) is 11.1. The average molecular weight is 231 g/mol. The van der Waals surface area contributed by atoms with Crippen LogP contribution in [0.25, 0.3) is 0 Å². The van der Waals surface area contributed by atoms with Gasteiger partial charge in [0.25, 0.3) is 0 Å². The number of aliphatic hydroxyl groups is 1. The minimum absolute atomic E-state index is 0.0237. The van der Waals surface area contributed by atoms with Crippen molar-refractivity contribution in [2.24, 2.45) is 5.92 Å². The molecule has 3 heteroatoms. The maximum atomic E-state index is 9.64. The molecule has 0 amide bonds. The van der Waals surface area contributed by atoms with Crippen molar-refractivity contribution in [3.63, 3.8) is 0 Å². The van der Waals surface area contributed by atoms with Gasteiger partial charge in [-0.15, -0.1) is 0 Å². The maximum absolute atomic E-state index is 9.64. The number of rotatable bonds is 9. The predicted octanol–water partition coefficient (Wildman–Crippen LogP) is 2.27. The van der Waals surface area contributed by atoms with Gasteiger partial charge in [0.15, 0.2) is 0 Å². The topological polar surface area (TPSA) is 32.3 Å². The third kappa shape index (κ3) is 3.97. The van der Waals surface area contributed by atoms with Gasteiger partial charge in [0.05, 0.1) is 12.1 Å². The Morgan fingerprint density at radius 1 is 1.33 bits per heavy atom. The normalized spacial score (nSPS) is 20.2. The van der Waals surface area contributed by atoms with Crippen molar-refractivity contribution >= 4 is 11.8 Å². The molecule has 0 radical (unpaired) electrons. The number of hydrogen-bond donors (Lipinski definition) is 2. The highest BCUT2D eigenvalue weighted by atomic mass is 32.2. The fourth-order valence-electron chi connectivity index (χ4n) is 1.95. The van der Waals surface area contributed by atoms with Crippen molar-refractivity contribution in [2.75, 3.05) is 24.7 Å². The summed E-state index contributed by atoms with van der Waals surface area (Å²) in [7, 11) is 0. The van der Waals surface area contributed by atoms with Crippen molar-refractivity contribution < 1.29 is 5.11 Å². The summed E-state index contributed by atoms with van der Waals surface area (Å²) in [6.07, 6.45) is 4.96. The molecule has 1 aliphatic carbocycles. The standard InChI is InChI=1S/C12H25NOS/c1-3-7-13-12(9-14,11-5-6-11)10-15-8-4-2/h11,13-14H,3-10H2,1-2H3. The van der Waals surface area contributed by atoms with Crippen LogP contribution in [-0.2, 0) is 0 Å². The van der Waals surface area contributed by atoms with Crippen LogP contribution in [-0.4, -0.2) is 35.3 Å². The van der Waals surface area contributed by atoms with Gasteiger partial charge in [-0.1, -0.05) is 13.8 Å². The molecule has 0 bridgehead atoms. The van der Waals surface area contributed by atoms with Crippen molar-refractivity contribution in [3.8, 4) is 0 Å². The summed E-state index contributed by atoms with van der Waals surface area (Å²) in [6.45, 7) is 5.73. The highest BCUT2D eigenvalue weighted by Gasteiger charge is 2.44. The van der Waals surface area contributed by atoms with E-state index in [2.05, 4.69) is 19.2 Å². The first kappa shape index (κ1) is 13.3. The maximum Gasteiger partial charge on any atom is 0.0624 e. The van der Waals surface area contributed by atoms with Gasteiger partial charge in [0, 0.05) is 5.75 Å². The summed E-state index contributed by atoms with van der Waals surface area (Å²) in [5.41, 5.74) is 0.0237. The molecule has 15 heavy (non-hydrogen) atoms. The first-order chi connectivity index (χ1) is 7.29. The smallest absolute Gasteiger partial charge is 0.0624 e. The molecule has 0 spiro atoms. The molecule has 0 saturated heterocycles. The molecule has 2 N–H and O–H groups in total. The van der Waals surface area contributed by atoms with E-state index in [0.717, 1.165) is 24.6 Å². The molecule has 90 valence electrons. The van der Waals surface area contributed by atoms with Crippen LogP contribution in [0.2, 0.25) is 0 Å². The first-order valence-electron chi connectivity index (χ1n) is 6.22. The van der Waals surface area contributed by atoms with Gasteiger partial charge in [0.2, 0.25) is 0 Å². The first-order valence-corrected chi connectivity index (χ1v) is 7.38. The Labute approximate surface area is 98.2 Å². The van der Waals surface area contributed by atoms with E-state index in [1.165, 1.54) is 25.0 Å². The van der Waals surface area contributed by atoms with Crippen molar-refractivity contribution in [3.05, 3.63) is 0 Å². The number of thioether (sulfide) groups is 1. The van der Waals surface area contributed by atoms with Crippen LogP contribution in [0.3, 0.4) is 0 Å². The Bertz CT molecular complexity index is 173. The quantitative estimate of drug-likeness (QED) is 0.597. The van der Waals surface area contributed by atoms with Crippen LogP contribution >= 0.6 is 11.8 Å². The summed E-state index contributed by atoms with van der Waals surface area (Å²) in [6, 6.07) is 0. The molecular weight excluding hydrogens is 206 g/mol. The Morgan fingerprint density at radius 3 is 2.53 bits per heavy atom. The minimum atomic E-state index is 0.0237. The van der Waals surface area contributed by atoms with E-state index in [9.17, 15) is 5.11 Å². The van der Waals surface area contributed by atoms with Crippen LogP contribution in [0.15, 0.2) is 0 Å². The molecule has 2 nitrogen and oxygen atoms in total. The second-order valence-corrected chi connectivity index (χ2v) is 5.67. The molecule has 0 aliphatic heterocycles. The van der Waals surface area contributed by atoms with Gasteiger partial charge >= 0.3 is 0 Å². The van der Waals surface area contributed by atoms with Gasteiger partial charge in [-0.3, -0.25) is 0 Å². The molecule has 0 aromatic rings. The van der Waals surface area contributed by atoms with Crippen LogP contribution in [0.5, 0.6) is 0 Å². The SMILES string of the molecule is CCCNC(CO)(CSCCC)C1CC1. The van der Waals surface area contributed by atoms with Crippen LogP contribution in [0.4, 0.5) is 0 Å². The molecule has 0 aromatic heterocycles. The average Bonchev–Trinajstić information content (AvgIpc) is 3.08. The summed E-state index contributed by atoms with van der Waals surface area (Å²) in [4.78, 5) is 0. The summed E-state index contributed by atoms with van der Waals surface area (Å²) < 4.78 is 0. The third-order valence-corrected chi connectivity index (χ3v) is 4.49. The lowest BCUT2D eigenvalue weighted by Crippen LogP contribution is -2.53. The molecule has 0 aromatic carbocycles. The van der Waals surface area contributed by atoms with Gasteiger partial charge in [-0.25, -0.2) is 0 Å². The van der Waals surface area contributed by atoms with Gasteiger partial charge in [0.1, 0.15) is 0 Å². The van der Waals surface area contributed by atoms with E-state index < -0.39 is 0 Å². The Morgan fingerprint density at radius 2 is 2.07 bits per heavy atom. The van der Waals surface area contributed by atoms with E-state index in [1.54, 1.807) is 0 Å². The molecular formula is C12H25NOS. The Balaban J connectivity index is 2.41. The Kier molecular flexibility index (Phi) is 6.02. The molecule has 1 saturated carbocycles. The molecule has 0 heterocycles. The number of hydrogen-bond acceptors (Lipinski definition) is 3. The summed E-state index contributed by atoms with van der Waals surface area (Å²) >= 11 is 1.98. The summed E-state index contributed by atoms with van der Waals surface area (Å²) in [5.74, 6) is 3.00. The molecule has 1 aliphatic rings. The van der Waals surface area contributed by atoms with Crippen LogP contribution < -0.4 is 5.32 Å². The van der Waals surface area contributed by atoms with Gasteiger partial charge in [-0.2, -0.15) is 11.8 Å². The van der Waals surface area contributed by atoms with Crippen molar-refractivity contribution in [1.82, 2.24) is 5.32 Å². The largest absolute Gasteiger partial charge is 0.394 e. The molecule has 1 rings (SSSR count). The van der Waals surface area contributed by atoms with Crippen LogP contribution in [0.1, 0.15) is 39.5 Å². The van der Waals surface area contributed by atoms with Crippen molar-refractivity contribution in [2.45, 2.75) is 45.1 Å². The monoisotopic (exact) mass is 231 g/mol. The second kappa shape index (κ2) is 6.77. The van der Waals surface area contributed by atoms with Gasteiger partial charge < -0.3 is 10.4 Å².